The molecule has 0 fully saturated rings. The summed E-state index contributed by atoms with van der Waals surface area (Å²) in [4.78, 5) is 12.3. The fourth-order valence-electron chi connectivity index (χ4n) is 1.13. The molecule has 0 spiro atoms. The zero-order chi connectivity index (χ0) is 9.42. The standard InChI is InChI=1S/C8H9N5/c1-4-3-11-7-5(9)2-6(10)13-8(7)12-4/h2-3H,1H3,(H4,9,10,12,13). The predicted octanol–water partition coefficient (Wildman–Crippen LogP) is 0.498. The minimum Gasteiger partial charge on any atom is -0.397 e. The van der Waals surface area contributed by atoms with Gasteiger partial charge in [0, 0.05) is 12.3 Å². The molecule has 0 atom stereocenters. The highest BCUT2D eigenvalue weighted by Gasteiger charge is 2.03. The molecule has 5 nitrogen and oxygen atoms in total. The molecule has 0 amide bonds. The van der Waals surface area contributed by atoms with Gasteiger partial charge < -0.3 is 11.5 Å². The summed E-state index contributed by atoms with van der Waals surface area (Å²) < 4.78 is 0. The first-order valence-electron chi connectivity index (χ1n) is 3.82. The second-order valence-electron chi connectivity index (χ2n) is 2.82. The molecule has 0 unspecified atom stereocenters. The number of nitrogens with two attached hydrogens (primary N) is 2. The van der Waals surface area contributed by atoms with Crippen LogP contribution in [0.4, 0.5) is 11.5 Å². The largest absolute Gasteiger partial charge is 0.397 e. The van der Waals surface area contributed by atoms with E-state index in [0.717, 1.165) is 5.69 Å². The van der Waals surface area contributed by atoms with E-state index in [1.54, 1.807) is 12.3 Å². The van der Waals surface area contributed by atoms with Gasteiger partial charge in [-0.05, 0) is 6.92 Å². The molecule has 0 aromatic carbocycles. The van der Waals surface area contributed by atoms with Crippen LogP contribution >= 0.6 is 0 Å². The Balaban J connectivity index is 2.86. The molecule has 13 heavy (non-hydrogen) atoms. The van der Waals surface area contributed by atoms with Crippen LogP contribution in [-0.4, -0.2) is 15.0 Å². The van der Waals surface area contributed by atoms with Gasteiger partial charge in [-0.15, -0.1) is 0 Å². The van der Waals surface area contributed by atoms with E-state index in [4.69, 9.17) is 11.5 Å². The molecule has 2 rings (SSSR count). The summed E-state index contributed by atoms with van der Waals surface area (Å²) >= 11 is 0. The van der Waals surface area contributed by atoms with Gasteiger partial charge in [0.15, 0.2) is 5.65 Å². The van der Waals surface area contributed by atoms with Crippen molar-refractivity contribution in [3.63, 3.8) is 0 Å². The summed E-state index contributed by atoms with van der Waals surface area (Å²) in [6.07, 6.45) is 1.65. The van der Waals surface area contributed by atoms with Crippen LogP contribution < -0.4 is 11.5 Å². The molecule has 0 aliphatic rings. The summed E-state index contributed by atoms with van der Waals surface area (Å²) in [5, 5.41) is 0. The first-order chi connectivity index (χ1) is 6.16. The topological polar surface area (TPSA) is 90.7 Å². The highest BCUT2D eigenvalue weighted by atomic mass is 15.0. The fraction of sp³-hybridized carbons (Fsp3) is 0.125. The SMILES string of the molecule is Cc1cnc2c(N)cc(N)nc2n1. The van der Waals surface area contributed by atoms with Crippen LogP contribution in [0.1, 0.15) is 5.69 Å². The number of hydrogen-bond acceptors (Lipinski definition) is 5. The molecule has 0 aliphatic heterocycles. The average molecular weight is 175 g/mol. The zero-order valence-electron chi connectivity index (χ0n) is 7.15. The number of aryl methyl sites for hydroxylation is 1. The number of nitrogens with zero attached hydrogens (tertiary/aromatic N) is 3. The molecule has 0 saturated heterocycles. The number of anilines is 2. The van der Waals surface area contributed by atoms with Crippen LogP contribution in [0.2, 0.25) is 0 Å². The van der Waals surface area contributed by atoms with Gasteiger partial charge in [0.25, 0.3) is 0 Å². The molecule has 2 aromatic rings. The van der Waals surface area contributed by atoms with Crippen molar-refractivity contribution >= 4 is 22.7 Å². The summed E-state index contributed by atoms with van der Waals surface area (Å²) in [7, 11) is 0. The minimum atomic E-state index is 0.366. The summed E-state index contributed by atoms with van der Waals surface area (Å²) in [5.41, 5.74) is 13.6. The Bertz CT molecular complexity index is 460. The average Bonchev–Trinajstić information content (AvgIpc) is 2.02. The van der Waals surface area contributed by atoms with Gasteiger partial charge in [0.05, 0.1) is 11.4 Å². The number of nitrogen functional groups attached to an aromatic ring is 2. The second-order valence-corrected chi connectivity index (χ2v) is 2.82. The van der Waals surface area contributed by atoms with Gasteiger partial charge in [-0.3, -0.25) is 0 Å². The lowest BCUT2D eigenvalue weighted by atomic mass is 10.3. The van der Waals surface area contributed by atoms with Crippen molar-refractivity contribution in [3.8, 4) is 0 Å². The summed E-state index contributed by atoms with van der Waals surface area (Å²) in [5.74, 6) is 0.366. The Hall–Kier alpha value is -1.91. The van der Waals surface area contributed by atoms with E-state index in [0.29, 0.717) is 22.7 Å². The van der Waals surface area contributed by atoms with E-state index in [2.05, 4.69) is 15.0 Å². The molecule has 5 heteroatoms. The quantitative estimate of drug-likeness (QED) is 0.608. The van der Waals surface area contributed by atoms with Crippen molar-refractivity contribution < 1.29 is 0 Å². The molecule has 2 heterocycles. The number of hydrogen-bond donors (Lipinski definition) is 2. The lowest BCUT2D eigenvalue weighted by Gasteiger charge is -2.01. The Morgan fingerprint density at radius 2 is 2.00 bits per heavy atom. The fourth-order valence-corrected chi connectivity index (χ4v) is 1.13. The zero-order valence-corrected chi connectivity index (χ0v) is 7.15. The molecule has 2 aromatic heterocycles. The van der Waals surface area contributed by atoms with E-state index in [1.165, 1.54) is 0 Å². The van der Waals surface area contributed by atoms with E-state index < -0.39 is 0 Å². The van der Waals surface area contributed by atoms with E-state index in [1.807, 2.05) is 6.92 Å². The molecular weight excluding hydrogens is 166 g/mol. The molecule has 0 aliphatic carbocycles. The van der Waals surface area contributed by atoms with Crippen LogP contribution in [0, 0.1) is 6.92 Å². The summed E-state index contributed by atoms with van der Waals surface area (Å²) in [6.45, 7) is 1.84. The second kappa shape index (κ2) is 2.55. The maximum atomic E-state index is 5.68. The Morgan fingerprint density at radius 3 is 2.77 bits per heavy atom. The Labute approximate surface area is 74.8 Å². The van der Waals surface area contributed by atoms with Crippen molar-refractivity contribution in [2.45, 2.75) is 6.92 Å². The van der Waals surface area contributed by atoms with Crippen LogP contribution in [-0.2, 0) is 0 Å². The first kappa shape index (κ1) is 7.72. The molecule has 0 saturated carbocycles. The predicted molar refractivity (Wildman–Crippen MR) is 50.9 cm³/mol. The van der Waals surface area contributed by atoms with Gasteiger partial charge >= 0.3 is 0 Å². The van der Waals surface area contributed by atoms with Crippen LogP contribution in [0.3, 0.4) is 0 Å². The van der Waals surface area contributed by atoms with Crippen LogP contribution in [0.5, 0.6) is 0 Å². The Kier molecular flexibility index (Phi) is 1.51. The van der Waals surface area contributed by atoms with Gasteiger partial charge in [-0.1, -0.05) is 0 Å². The van der Waals surface area contributed by atoms with Crippen molar-refractivity contribution in [2.75, 3.05) is 11.5 Å². The van der Waals surface area contributed by atoms with E-state index >= 15 is 0 Å². The third-order valence-corrected chi connectivity index (χ3v) is 1.69. The van der Waals surface area contributed by atoms with Crippen LogP contribution in [0.15, 0.2) is 12.3 Å². The third-order valence-electron chi connectivity index (χ3n) is 1.69. The Morgan fingerprint density at radius 1 is 1.23 bits per heavy atom. The van der Waals surface area contributed by atoms with Crippen molar-refractivity contribution in [3.05, 3.63) is 18.0 Å². The maximum absolute atomic E-state index is 5.68. The van der Waals surface area contributed by atoms with Crippen molar-refractivity contribution in [2.24, 2.45) is 0 Å². The molecule has 4 N–H and O–H groups in total. The molecule has 0 bridgehead atoms. The smallest absolute Gasteiger partial charge is 0.182 e. The number of aromatic nitrogens is 3. The van der Waals surface area contributed by atoms with Gasteiger partial charge in [0.1, 0.15) is 11.3 Å². The maximum Gasteiger partial charge on any atom is 0.182 e. The van der Waals surface area contributed by atoms with Gasteiger partial charge in [-0.25, -0.2) is 15.0 Å². The normalized spacial score (nSPS) is 10.5. The summed E-state index contributed by atoms with van der Waals surface area (Å²) in [6, 6.07) is 1.58. The lowest BCUT2D eigenvalue weighted by Crippen LogP contribution is -1.99. The van der Waals surface area contributed by atoms with Gasteiger partial charge in [0.2, 0.25) is 0 Å². The number of rotatable bonds is 0. The van der Waals surface area contributed by atoms with E-state index in [-0.39, 0.29) is 0 Å². The highest BCUT2D eigenvalue weighted by molar-refractivity contribution is 5.85. The molecule has 0 radical (unpaired) electrons. The lowest BCUT2D eigenvalue weighted by molar-refractivity contribution is 1.15. The van der Waals surface area contributed by atoms with Crippen molar-refractivity contribution in [1.82, 2.24) is 15.0 Å². The highest BCUT2D eigenvalue weighted by Crippen LogP contribution is 2.17. The molecule has 66 valence electrons. The monoisotopic (exact) mass is 175 g/mol. The third kappa shape index (κ3) is 1.24. The number of fused-ring (bicyclic) bond motifs is 1. The van der Waals surface area contributed by atoms with E-state index in [9.17, 15) is 0 Å². The van der Waals surface area contributed by atoms with Crippen molar-refractivity contribution in [1.29, 1.82) is 0 Å². The number of pyridine rings is 1. The minimum absolute atomic E-state index is 0.366. The first-order valence-corrected chi connectivity index (χ1v) is 3.82. The van der Waals surface area contributed by atoms with Gasteiger partial charge in [-0.2, -0.15) is 0 Å². The van der Waals surface area contributed by atoms with Crippen LogP contribution in [0.25, 0.3) is 11.2 Å². The molecular formula is C8H9N5.